The maximum absolute atomic E-state index is 11.9. The second-order valence-electron chi connectivity index (χ2n) is 5.03. The maximum atomic E-state index is 11.9. The standard InChI is InChI=1S/C14H16N2O3/c1-4-12(17)15-9-5-6-10-11(7-9)19-8-14(2,3)13(18)16-10/h4-7H,1,8H2,2-3H3,(H,15,17)(H,16,18). The van der Waals surface area contributed by atoms with Crippen molar-refractivity contribution in [2.24, 2.45) is 5.41 Å². The highest BCUT2D eigenvalue weighted by atomic mass is 16.5. The molecular formula is C14H16N2O3. The molecule has 0 radical (unpaired) electrons. The molecule has 0 aromatic heterocycles. The van der Waals surface area contributed by atoms with Gasteiger partial charge in [-0.15, -0.1) is 0 Å². The summed E-state index contributed by atoms with van der Waals surface area (Å²) in [6, 6.07) is 5.08. The summed E-state index contributed by atoms with van der Waals surface area (Å²) in [5.41, 5.74) is 0.605. The van der Waals surface area contributed by atoms with Crippen LogP contribution in [0.4, 0.5) is 11.4 Å². The normalized spacial score (nSPS) is 16.4. The lowest BCUT2D eigenvalue weighted by Crippen LogP contribution is -2.33. The molecule has 2 rings (SSSR count). The van der Waals surface area contributed by atoms with Crippen LogP contribution in [-0.4, -0.2) is 18.4 Å². The molecule has 5 heteroatoms. The number of fused-ring (bicyclic) bond motifs is 1. The van der Waals surface area contributed by atoms with E-state index in [1.807, 2.05) is 13.8 Å². The van der Waals surface area contributed by atoms with Gasteiger partial charge in [-0.25, -0.2) is 0 Å². The van der Waals surface area contributed by atoms with Crippen LogP contribution < -0.4 is 15.4 Å². The number of anilines is 2. The molecule has 1 aromatic rings. The summed E-state index contributed by atoms with van der Waals surface area (Å²) < 4.78 is 5.63. The number of rotatable bonds is 2. The summed E-state index contributed by atoms with van der Waals surface area (Å²) in [7, 11) is 0. The number of hydrogen-bond donors (Lipinski definition) is 2. The molecule has 100 valence electrons. The highest BCUT2D eigenvalue weighted by Crippen LogP contribution is 2.34. The molecule has 2 amide bonds. The molecule has 5 nitrogen and oxygen atoms in total. The summed E-state index contributed by atoms with van der Waals surface area (Å²) in [5.74, 6) is 0.160. The fourth-order valence-corrected chi connectivity index (χ4v) is 1.63. The summed E-state index contributed by atoms with van der Waals surface area (Å²) in [4.78, 5) is 23.2. The minimum atomic E-state index is -0.594. The Labute approximate surface area is 111 Å². The van der Waals surface area contributed by atoms with Crippen molar-refractivity contribution in [3.05, 3.63) is 30.9 Å². The Bertz CT molecular complexity index is 550. The second-order valence-corrected chi connectivity index (χ2v) is 5.03. The van der Waals surface area contributed by atoms with Crippen LogP contribution >= 0.6 is 0 Å². The van der Waals surface area contributed by atoms with Gasteiger partial charge in [0.2, 0.25) is 11.8 Å². The van der Waals surface area contributed by atoms with Crippen LogP contribution in [0.3, 0.4) is 0 Å². The molecule has 0 saturated carbocycles. The molecule has 0 saturated heterocycles. The van der Waals surface area contributed by atoms with E-state index in [0.717, 1.165) is 0 Å². The van der Waals surface area contributed by atoms with Gasteiger partial charge in [-0.2, -0.15) is 0 Å². The van der Waals surface area contributed by atoms with Crippen LogP contribution in [0, 0.1) is 5.41 Å². The lowest BCUT2D eigenvalue weighted by molar-refractivity contribution is -0.125. The van der Waals surface area contributed by atoms with Gasteiger partial charge in [0, 0.05) is 11.8 Å². The lowest BCUT2D eigenvalue weighted by atomic mass is 9.94. The first-order valence-electron chi connectivity index (χ1n) is 5.94. The molecular weight excluding hydrogens is 244 g/mol. The van der Waals surface area contributed by atoms with Gasteiger partial charge in [-0.3, -0.25) is 9.59 Å². The molecule has 0 unspecified atom stereocenters. The summed E-state index contributed by atoms with van der Waals surface area (Å²) in [6.07, 6.45) is 1.19. The third-order valence-electron chi connectivity index (χ3n) is 2.89. The number of carbonyl (C=O) groups excluding carboxylic acids is 2. The van der Waals surface area contributed by atoms with E-state index < -0.39 is 5.41 Å². The van der Waals surface area contributed by atoms with Gasteiger partial charge in [0.05, 0.1) is 11.1 Å². The van der Waals surface area contributed by atoms with Crippen molar-refractivity contribution in [2.75, 3.05) is 17.2 Å². The van der Waals surface area contributed by atoms with Gasteiger partial charge in [0.1, 0.15) is 12.4 Å². The molecule has 0 bridgehead atoms. The van der Waals surface area contributed by atoms with E-state index in [4.69, 9.17) is 4.74 Å². The number of hydrogen-bond acceptors (Lipinski definition) is 3. The van der Waals surface area contributed by atoms with Crippen LogP contribution in [0.25, 0.3) is 0 Å². The molecule has 1 heterocycles. The van der Waals surface area contributed by atoms with E-state index in [0.29, 0.717) is 17.1 Å². The zero-order chi connectivity index (χ0) is 14.0. The number of nitrogens with one attached hydrogen (secondary N) is 2. The van der Waals surface area contributed by atoms with E-state index in [-0.39, 0.29) is 18.4 Å². The Kier molecular flexibility index (Phi) is 3.29. The molecule has 0 fully saturated rings. The van der Waals surface area contributed by atoms with Gasteiger partial charge < -0.3 is 15.4 Å². The van der Waals surface area contributed by atoms with E-state index in [1.54, 1.807) is 18.2 Å². The minimum absolute atomic E-state index is 0.0888. The van der Waals surface area contributed by atoms with Crippen LogP contribution in [0.1, 0.15) is 13.8 Å². The van der Waals surface area contributed by atoms with Crippen molar-refractivity contribution < 1.29 is 14.3 Å². The highest BCUT2D eigenvalue weighted by Gasteiger charge is 2.32. The SMILES string of the molecule is C=CC(=O)Nc1ccc2c(c1)OCC(C)(C)C(=O)N2. The topological polar surface area (TPSA) is 67.4 Å². The minimum Gasteiger partial charge on any atom is -0.490 e. The highest BCUT2D eigenvalue weighted by molar-refractivity contribution is 6.00. The Balaban J connectivity index is 2.28. The first kappa shape index (κ1) is 13.1. The summed E-state index contributed by atoms with van der Waals surface area (Å²) >= 11 is 0. The van der Waals surface area contributed by atoms with Gasteiger partial charge in [-0.1, -0.05) is 6.58 Å². The average molecular weight is 260 g/mol. The molecule has 1 aliphatic heterocycles. The molecule has 1 aliphatic rings. The average Bonchev–Trinajstić information content (AvgIpc) is 2.48. The quantitative estimate of drug-likeness (QED) is 0.801. The predicted octanol–water partition coefficient (Wildman–Crippen LogP) is 2.17. The summed E-state index contributed by atoms with van der Waals surface area (Å²) in [6.45, 7) is 7.30. The van der Waals surface area contributed by atoms with Crippen molar-refractivity contribution in [3.8, 4) is 5.75 Å². The third-order valence-corrected chi connectivity index (χ3v) is 2.89. The number of amides is 2. The smallest absolute Gasteiger partial charge is 0.247 e. The first-order valence-corrected chi connectivity index (χ1v) is 5.94. The number of carbonyl (C=O) groups is 2. The Hall–Kier alpha value is -2.30. The van der Waals surface area contributed by atoms with Gasteiger partial charge >= 0.3 is 0 Å². The monoisotopic (exact) mass is 260 g/mol. The Morgan fingerprint density at radius 3 is 2.95 bits per heavy atom. The van der Waals surface area contributed by atoms with E-state index in [2.05, 4.69) is 17.2 Å². The largest absolute Gasteiger partial charge is 0.490 e. The van der Waals surface area contributed by atoms with Crippen molar-refractivity contribution in [1.29, 1.82) is 0 Å². The van der Waals surface area contributed by atoms with Crippen LogP contribution in [0.15, 0.2) is 30.9 Å². The molecule has 0 spiro atoms. The Morgan fingerprint density at radius 2 is 2.26 bits per heavy atom. The zero-order valence-electron chi connectivity index (χ0n) is 10.9. The maximum Gasteiger partial charge on any atom is 0.247 e. The van der Waals surface area contributed by atoms with Gasteiger partial charge in [-0.05, 0) is 32.1 Å². The molecule has 0 atom stereocenters. The van der Waals surface area contributed by atoms with E-state index >= 15 is 0 Å². The predicted molar refractivity (Wildman–Crippen MR) is 73.2 cm³/mol. The van der Waals surface area contributed by atoms with Crippen LogP contribution in [0.2, 0.25) is 0 Å². The van der Waals surface area contributed by atoms with Crippen LogP contribution in [-0.2, 0) is 9.59 Å². The van der Waals surface area contributed by atoms with Crippen molar-refractivity contribution in [2.45, 2.75) is 13.8 Å². The summed E-state index contributed by atoms with van der Waals surface area (Å²) in [5, 5.41) is 5.45. The number of benzene rings is 1. The third kappa shape index (κ3) is 2.76. The first-order chi connectivity index (χ1) is 8.92. The molecule has 2 N–H and O–H groups in total. The lowest BCUT2D eigenvalue weighted by Gasteiger charge is -2.18. The fraction of sp³-hybridized carbons (Fsp3) is 0.286. The van der Waals surface area contributed by atoms with Gasteiger partial charge in [0.15, 0.2) is 0 Å². The second kappa shape index (κ2) is 4.76. The van der Waals surface area contributed by atoms with Crippen molar-refractivity contribution in [3.63, 3.8) is 0 Å². The number of ether oxygens (including phenoxy) is 1. The van der Waals surface area contributed by atoms with Gasteiger partial charge in [0.25, 0.3) is 0 Å². The van der Waals surface area contributed by atoms with E-state index in [9.17, 15) is 9.59 Å². The van der Waals surface area contributed by atoms with Crippen molar-refractivity contribution in [1.82, 2.24) is 0 Å². The molecule has 1 aromatic carbocycles. The molecule has 19 heavy (non-hydrogen) atoms. The van der Waals surface area contributed by atoms with E-state index in [1.165, 1.54) is 6.08 Å². The molecule has 0 aliphatic carbocycles. The zero-order valence-corrected chi connectivity index (χ0v) is 10.9. The van der Waals surface area contributed by atoms with Crippen molar-refractivity contribution >= 4 is 23.2 Å². The fourth-order valence-electron chi connectivity index (χ4n) is 1.63. The van der Waals surface area contributed by atoms with Crippen LogP contribution in [0.5, 0.6) is 5.75 Å². The Morgan fingerprint density at radius 1 is 1.53 bits per heavy atom.